The van der Waals surface area contributed by atoms with Crippen LogP contribution in [0.2, 0.25) is 0 Å². The Labute approximate surface area is 155 Å². The highest BCUT2D eigenvalue weighted by molar-refractivity contribution is 7.89. The first kappa shape index (κ1) is 19.2. The van der Waals surface area contributed by atoms with Crippen LogP contribution in [0.25, 0.3) is 0 Å². The minimum absolute atomic E-state index is 0.156. The largest absolute Gasteiger partial charge is 0.484 e. The van der Waals surface area contributed by atoms with Crippen LogP contribution >= 0.6 is 0 Å². The maximum Gasteiger partial charge on any atom is 0.262 e. The van der Waals surface area contributed by atoms with Crippen LogP contribution in [0.3, 0.4) is 0 Å². The molecule has 2 aromatic rings. The molecule has 1 aliphatic heterocycles. The van der Waals surface area contributed by atoms with Gasteiger partial charge < -0.3 is 10.1 Å². The molecule has 27 heavy (non-hydrogen) atoms. The first-order valence-electron chi connectivity index (χ1n) is 8.34. The summed E-state index contributed by atoms with van der Waals surface area (Å²) in [6.45, 7) is 0.586. The number of anilines is 1. The highest BCUT2D eigenvalue weighted by atomic mass is 32.2. The van der Waals surface area contributed by atoms with Crippen molar-refractivity contribution in [2.24, 2.45) is 0 Å². The fourth-order valence-electron chi connectivity index (χ4n) is 2.71. The van der Waals surface area contributed by atoms with Crippen molar-refractivity contribution in [1.82, 2.24) is 4.31 Å². The van der Waals surface area contributed by atoms with Gasteiger partial charge in [-0.1, -0.05) is 0 Å². The van der Waals surface area contributed by atoms with Crippen molar-refractivity contribution in [2.75, 3.05) is 25.0 Å². The maximum atomic E-state index is 13.5. The molecule has 0 spiro atoms. The number of amides is 1. The third-order valence-electron chi connectivity index (χ3n) is 4.10. The Morgan fingerprint density at radius 2 is 1.74 bits per heavy atom. The average molecular weight is 396 g/mol. The molecule has 0 radical (unpaired) electrons. The van der Waals surface area contributed by atoms with Gasteiger partial charge in [0.2, 0.25) is 10.0 Å². The molecule has 0 atom stereocenters. The van der Waals surface area contributed by atoms with Crippen LogP contribution in [0, 0.1) is 11.6 Å². The van der Waals surface area contributed by atoms with Gasteiger partial charge in [-0.2, -0.15) is 4.31 Å². The topological polar surface area (TPSA) is 75.7 Å². The molecule has 0 aliphatic carbocycles. The quantitative estimate of drug-likeness (QED) is 0.815. The second-order valence-electron chi connectivity index (χ2n) is 6.04. The molecule has 9 heteroatoms. The summed E-state index contributed by atoms with van der Waals surface area (Å²) in [5.41, 5.74) is -0.282. The Bertz CT molecular complexity index is 927. The van der Waals surface area contributed by atoms with E-state index >= 15 is 0 Å². The number of nitrogens with one attached hydrogen (secondary N) is 1. The van der Waals surface area contributed by atoms with Crippen molar-refractivity contribution in [3.05, 3.63) is 54.1 Å². The number of hydrogen-bond donors (Lipinski definition) is 1. The Hall–Kier alpha value is -2.52. The summed E-state index contributed by atoms with van der Waals surface area (Å²) in [6, 6.07) is 8.42. The number of halogens is 2. The van der Waals surface area contributed by atoms with E-state index in [4.69, 9.17) is 4.74 Å². The third-order valence-corrected chi connectivity index (χ3v) is 6.01. The maximum absolute atomic E-state index is 13.5. The number of sulfonamides is 1. The van der Waals surface area contributed by atoms with E-state index < -0.39 is 34.2 Å². The number of carbonyl (C=O) groups excluding carboxylic acids is 1. The van der Waals surface area contributed by atoms with E-state index in [1.165, 1.54) is 28.6 Å². The van der Waals surface area contributed by atoms with Crippen LogP contribution in [0.5, 0.6) is 5.75 Å². The Balaban J connectivity index is 1.58. The Morgan fingerprint density at radius 1 is 1.07 bits per heavy atom. The smallest absolute Gasteiger partial charge is 0.262 e. The van der Waals surface area contributed by atoms with E-state index in [-0.39, 0.29) is 16.3 Å². The highest BCUT2D eigenvalue weighted by Crippen LogP contribution is 2.23. The lowest BCUT2D eigenvalue weighted by Gasteiger charge is -2.15. The van der Waals surface area contributed by atoms with E-state index in [2.05, 4.69) is 5.32 Å². The summed E-state index contributed by atoms with van der Waals surface area (Å²) in [5.74, 6) is -1.83. The standard InChI is InChI=1S/C18H18F2N2O4S/c19-13-3-8-16(20)17(11-13)21-18(23)12-26-14-4-6-15(7-5-14)27(24,25)22-9-1-2-10-22/h3-8,11H,1-2,9-10,12H2,(H,21,23). The molecule has 0 aromatic heterocycles. The number of rotatable bonds is 6. The van der Waals surface area contributed by atoms with Gasteiger partial charge in [0, 0.05) is 19.2 Å². The van der Waals surface area contributed by atoms with Gasteiger partial charge >= 0.3 is 0 Å². The SMILES string of the molecule is O=C(COc1ccc(S(=O)(=O)N2CCCC2)cc1)Nc1cc(F)ccc1F. The highest BCUT2D eigenvalue weighted by Gasteiger charge is 2.26. The molecule has 2 aromatic carbocycles. The van der Waals surface area contributed by atoms with Gasteiger partial charge in [0.05, 0.1) is 10.6 Å². The molecule has 0 bridgehead atoms. The van der Waals surface area contributed by atoms with Gasteiger partial charge in [0.15, 0.2) is 6.61 Å². The zero-order chi connectivity index (χ0) is 19.4. The fourth-order valence-corrected chi connectivity index (χ4v) is 4.23. The number of carbonyl (C=O) groups is 1. The van der Waals surface area contributed by atoms with Crippen molar-refractivity contribution < 1.29 is 26.7 Å². The van der Waals surface area contributed by atoms with Crippen LogP contribution in [0.1, 0.15) is 12.8 Å². The fraction of sp³-hybridized carbons (Fsp3) is 0.278. The van der Waals surface area contributed by atoms with Crippen molar-refractivity contribution >= 4 is 21.6 Å². The normalized spacial score (nSPS) is 14.9. The van der Waals surface area contributed by atoms with Crippen molar-refractivity contribution in [3.63, 3.8) is 0 Å². The zero-order valence-corrected chi connectivity index (χ0v) is 15.1. The van der Waals surface area contributed by atoms with E-state index in [1.807, 2.05) is 0 Å². The van der Waals surface area contributed by atoms with E-state index in [1.54, 1.807) is 0 Å². The van der Waals surface area contributed by atoms with Crippen LogP contribution in [-0.4, -0.2) is 38.3 Å². The first-order valence-corrected chi connectivity index (χ1v) is 9.78. The lowest BCUT2D eigenvalue weighted by atomic mass is 10.3. The molecular weight excluding hydrogens is 378 g/mol. The third kappa shape index (κ3) is 4.61. The van der Waals surface area contributed by atoms with Crippen LogP contribution in [0.4, 0.5) is 14.5 Å². The molecule has 144 valence electrons. The van der Waals surface area contributed by atoms with Crippen LogP contribution in [-0.2, 0) is 14.8 Å². The molecule has 1 saturated heterocycles. The molecule has 1 N–H and O–H groups in total. The molecule has 0 unspecified atom stereocenters. The van der Waals surface area contributed by atoms with Crippen LogP contribution in [0.15, 0.2) is 47.4 Å². The molecule has 1 heterocycles. The summed E-state index contributed by atoms with van der Waals surface area (Å²) in [5, 5.41) is 2.21. The summed E-state index contributed by atoms with van der Waals surface area (Å²) < 4.78 is 58.1. The van der Waals surface area contributed by atoms with Crippen LogP contribution < -0.4 is 10.1 Å². The molecule has 1 aliphatic rings. The van der Waals surface area contributed by atoms with E-state index in [0.29, 0.717) is 13.1 Å². The monoisotopic (exact) mass is 396 g/mol. The van der Waals surface area contributed by atoms with E-state index in [9.17, 15) is 22.0 Å². The predicted octanol–water partition coefficient (Wildman–Crippen LogP) is 2.77. The predicted molar refractivity (Wildman–Crippen MR) is 94.9 cm³/mol. The Kier molecular flexibility index (Phi) is 5.71. The average Bonchev–Trinajstić information content (AvgIpc) is 3.19. The van der Waals surface area contributed by atoms with Crippen molar-refractivity contribution in [2.45, 2.75) is 17.7 Å². The second-order valence-corrected chi connectivity index (χ2v) is 7.98. The van der Waals surface area contributed by atoms with E-state index in [0.717, 1.165) is 31.0 Å². The molecule has 1 amide bonds. The number of ether oxygens (including phenoxy) is 1. The lowest BCUT2D eigenvalue weighted by molar-refractivity contribution is -0.118. The van der Waals surface area contributed by atoms with Gasteiger partial charge in [0.1, 0.15) is 17.4 Å². The molecule has 6 nitrogen and oxygen atoms in total. The van der Waals surface area contributed by atoms with Gasteiger partial charge in [-0.05, 0) is 49.2 Å². The minimum Gasteiger partial charge on any atom is -0.484 e. The molecule has 0 saturated carbocycles. The number of nitrogens with zero attached hydrogens (tertiary/aromatic N) is 1. The molecule has 1 fully saturated rings. The first-order chi connectivity index (χ1) is 12.9. The summed E-state index contributed by atoms with van der Waals surface area (Å²) in [6.07, 6.45) is 1.70. The number of benzene rings is 2. The van der Waals surface area contributed by atoms with Gasteiger partial charge in [-0.15, -0.1) is 0 Å². The second kappa shape index (κ2) is 8.01. The Morgan fingerprint density at radius 3 is 2.41 bits per heavy atom. The van der Waals surface area contributed by atoms with Gasteiger partial charge in [-0.25, -0.2) is 17.2 Å². The lowest BCUT2D eigenvalue weighted by Crippen LogP contribution is -2.27. The minimum atomic E-state index is -3.51. The van der Waals surface area contributed by atoms with Gasteiger partial charge in [-0.3, -0.25) is 4.79 Å². The van der Waals surface area contributed by atoms with Crippen molar-refractivity contribution in [1.29, 1.82) is 0 Å². The summed E-state index contributed by atoms with van der Waals surface area (Å²) >= 11 is 0. The zero-order valence-electron chi connectivity index (χ0n) is 14.3. The molecular formula is C18H18F2N2O4S. The van der Waals surface area contributed by atoms with Gasteiger partial charge in [0.25, 0.3) is 5.91 Å². The summed E-state index contributed by atoms with van der Waals surface area (Å²) in [4.78, 5) is 12.0. The molecule has 3 rings (SSSR count). The summed E-state index contributed by atoms with van der Waals surface area (Å²) in [7, 11) is -3.51. The number of hydrogen-bond acceptors (Lipinski definition) is 4. The van der Waals surface area contributed by atoms with Crippen molar-refractivity contribution in [3.8, 4) is 5.75 Å².